The smallest absolute Gasteiger partial charge is 0.264 e. The van der Waals surface area contributed by atoms with Crippen molar-refractivity contribution in [1.29, 1.82) is 0 Å². The average Bonchev–Trinajstić information content (AvgIpc) is 3.68. The summed E-state index contributed by atoms with van der Waals surface area (Å²) in [7, 11) is 0.256. The number of hydrogen-bond donors (Lipinski definition) is 1. The first-order valence-corrected chi connectivity index (χ1v) is 13.8. The normalized spacial score (nSPS) is 18.4. The van der Waals surface area contributed by atoms with Gasteiger partial charge < -0.3 is 14.2 Å². The molecule has 0 radical (unpaired) electrons. The van der Waals surface area contributed by atoms with Crippen molar-refractivity contribution in [3.05, 3.63) is 83.0 Å². The largest absolute Gasteiger partial charge is 0.496 e. The Balaban J connectivity index is 1.62. The topological polar surface area (TPSA) is 117 Å². The van der Waals surface area contributed by atoms with Crippen LogP contribution in [0, 0.1) is 13.8 Å². The van der Waals surface area contributed by atoms with E-state index in [1.165, 1.54) is 27.4 Å². The molecule has 1 amide bonds. The van der Waals surface area contributed by atoms with E-state index in [0.717, 1.165) is 11.3 Å². The summed E-state index contributed by atoms with van der Waals surface area (Å²) in [5, 5.41) is 0.430. The molecule has 0 unspecified atom stereocenters. The number of aryl methyl sites for hydroxylation is 2. The number of carbonyl (C=O) groups excluding carboxylic acids is 1. The van der Waals surface area contributed by atoms with E-state index in [0.29, 0.717) is 46.0 Å². The maximum absolute atomic E-state index is 14.1. The first-order valence-electron chi connectivity index (χ1n) is 12.3. The molecule has 5 rings (SSSR count). The van der Waals surface area contributed by atoms with Crippen molar-refractivity contribution < 1.29 is 27.4 Å². The maximum Gasteiger partial charge on any atom is 0.264 e. The molecule has 2 aromatic heterocycles. The Morgan fingerprint density at radius 3 is 2.46 bits per heavy atom. The van der Waals surface area contributed by atoms with Crippen molar-refractivity contribution in [2.24, 2.45) is 0 Å². The van der Waals surface area contributed by atoms with Gasteiger partial charge in [0, 0.05) is 34.2 Å². The molecule has 4 aromatic rings. The van der Waals surface area contributed by atoms with Gasteiger partial charge in [0.15, 0.2) is 0 Å². The second kappa shape index (κ2) is 9.85. The summed E-state index contributed by atoms with van der Waals surface area (Å²) in [5.41, 5.74) is 2.21. The first-order chi connectivity index (χ1) is 18.6. The van der Waals surface area contributed by atoms with Crippen molar-refractivity contribution in [1.82, 2.24) is 14.7 Å². The van der Waals surface area contributed by atoms with Gasteiger partial charge in [0.2, 0.25) is 17.7 Å². The SMILES string of the molecule is COc1ccc([C@@H]2C[C@]2(C(=O)NS(=O)(=O)c2cccc3nc(C)ccc23)c2cc(C)ccc2OC)c(OC)n1. The van der Waals surface area contributed by atoms with E-state index >= 15 is 0 Å². The minimum absolute atomic E-state index is 0.0203. The molecular formula is C29H29N3O6S. The van der Waals surface area contributed by atoms with E-state index in [1.807, 2.05) is 26.0 Å². The Labute approximate surface area is 227 Å². The molecule has 2 aromatic carbocycles. The molecule has 1 saturated carbocycles. The van der Waals surface area contributed by atoms with Crippen LogP contribution in [-0.2, 0) is 20.2 Å². The van der Waals surface area contributed by atoms with E-state index in [9.17, 15) is 13.2 Å². The number of fused-ring (bicyclic) bond motifs is 1. The number of methoxy groups -OCH3 is 3. The zero-order valence-electron chi connectivity index (χ0n) is 22.3. The van der Waals surface area contributed by atoms with Crippen LogP contribution < -0.4 is 18.9 Å². The number of benzene rings is 2. The molecule has 9 nitrogen and oxygen atoms in total. The number of hydrogen-bond acceptors (Lipinski definition) is 8. The molecule has 0 bridgehead atoms. The van der Waals surface area contributed by atoms with E-state index in [2.05, 4.69) is 14.7 Å². The van der Waals surface area contributed by atoms with Gasteiger partial charge in [-0.15, -0.1) is 0 Å². The van der Waals surface area contributed by atoms with Gasteiger partial charge in [-0.3, -0.25) is 9.78 Å². The van der Waals surface area contributed by atoms with Gasteiger partial charge in [-0.2, -0.15) is 4.98 Å². The third-order valence-corrected chi connectivity index (χ3v) is 8.58. The summed E-state index contributed by atoms with van der Waals surface area (Å²) in [6.07, 6.45) is 0.328. The van der Waals surface area contributed by atoms with E-state index in [-0.39, 0.29) is 4.90 Å². The lowest BCUT2D eigenvalue weighted by molar-refractivity contribution is -0.122. The molecule has 10 heteroatoms. The van der Waals surface area contributed by atoms with Gasteiger partial charge >= 0.3 is 0 Å². The number of sulfonamides is 1. The zero-order chi connectivity index (χ0) is 27.9. The predicted molar refractivity (Wildman–Crippen MR) is 146 cm³/mol. The van der Waals surface area contributed by atoms with Crippen molar-refractivity contribution in [2.75, 3.05) is 21.3 Å². The van der Waals surface area contributed by atoms with Gasteiger partial charge in [0.05, 0.1) is 37.2 Å². The van der Waals surface area contributed by atoms with Gasteiger partial charge in [-0.1, -0.05) is 23.8 Å². The number of amides is 1. The molecule has 0 spiro atoms. The number of nitrogens with one attached hydrogen (secondary N) is 1. The molecule has 0 aliphatic heterocycles. The maximum atomic E-state index is 14.1. The lowest BCUT2D eigenvalue weighted by atomic mass is 9.88. The zero-order valence-corrected chi connectivity index (χ0v) is 23.1. The Hall–Kier alpha value is -4.18. The second-order valence-corrected chi connectivity index (χ2v) is 11.2. The van der Waals surface area contributed by atoms with Crippen molar-refractivity contribution in [3.63, 3.8) is 0 Å². The second-order valence-electron chi connectivity index (χ2n) is 9.59. The number of carbonyl (C=O) groups is 1. The van der Waals surface area contributed by atoms with Crippen LogP contribution >= 0.6 is 0 Å². The molecule has 1 N–H and O–H groups in total. The lowest BCUT2D eigenvalue weighted by Crippen LogP contribution is -2.40. The Morgan fingerprint density at radius 1 is 0.949 bits per heavy atom. The van der Waals surface area contributed by atoms with Crippen LogP contribution in [0.25, 0.3) is 10.9 Å². The minimum atomic E-state index is -4.26. The number of nitrogens with zero attached hydrogens (tertiary/aromatic N) is 2. The third-order valence-electron chi connectivity index (χ3n) is 7.19. The predicted octanol–water partition coefficient (Wildman–Crippen LogP) is 4.20. The molecular weight excluding hydrogens is 518 g/mol. The fourth-order valence-corrected chi connectivity index (χ4v) is 6.44. The van der Waals surface area contributed by atoms with E-state index in [1.54, 1.807) is 42.5 Å². The summed E-state index contributed by atoms with van der Waals surface area (Å²) in [6, 6.07) is 17.3. The Bertz CT molecular complexity index is 1710. The van der Waals surface area contributed by atoms with Crippen LogP contribution in [0.5, 0.6) is 17.5 Å². The summed E-state index contributed by atoms with van der Waals surface area (Å²) >= 11 is 0. The number of pyridine rings is 2. The fraction of sp³-hybridized carbons (Fsp3) is 0.276. The molecule has 202 valence electrons. The summed E-state index contributed by atoms with van der Waals surface area (Å²) < 4.78 is 46.1. The lowest BCUT2D eigenvalue weighted by Gasteiger charge is -2.22. The van der Waals surface area contributed by atoms with Crippen LogP contribution in [0.3, 0.4) is 0 Å². The van der Waals surface area contributed by atoms with Gasteiger partial charge in [0.25, 0.3) is 10.0 Å². The van der Waals surface area contributed by atoms with Crippen LogP contribution in [0.1, 0.15) is 34.7 Å². The van der Waals surface area contributed by atoms with Crippen LogP contribution in [0.4, 0.5) is 0 Å². The van der Waals surface area contributed by atoms with Gasteiger partial charge in [-0.05, 0) is 56.7 Å². The van der Waals surface area contributed by atoms with Gasteiger partial charge in [0.1, 0.15) is 5.75 Å². The summed E-state index contributed by atoms with van der Waals surface area (Å²) in [5.74, 6) is 0.0710. The number of ether oxygens (including phenoxy) is 3. The highest BCUT2D eigenvalue weighted by Gasteiger charge is 2.64. The molecule has 1 aliphatic rings. The molecule has 1 aliphatic carbocycles. The quantitative estimate of drug-likeness (QED) is 0.349. The summed E-state index contributed by atoms with van der Waals surface area (Å²) in [6.45, 7) is 3.74. The van der Waals surface area contributed by atoms with Crippen LogP contribution in [0.2, 0.25) is 0 Å². The van der Waals surface area contributed by atoms with E-state index < -0.39 is 27.3 Å². The Morgan fingerprint density at radius 2 is 1.74 bits per heavy atom. The fourth-order valence-electron chi connectivity index (χ4n) is 5.19. The third kappa shape index (κ3) is 4.54. The van der Waals surface area contributed by atoms with Crippen molar-refractivity contribution in [3.8, 4) is 17.5 Å². The van der Waals surface area contributed by atoms with Crippen molar-refractivity contribution in [2.45, 2.75) is 36.5 Å². The highest BCUT2D eigenvalue weighted by atomic mass is 32.2. The minimum Gasteiger partial charge on any atom is -0.496 e. The molecule has 39 heavy (non-hydrogen) atoms. The summed E-state index contributed by atoms with van der Waals surface area (Å²) in [4.78, 5) is 22.9. The van der Waals surface area contributed by atoms with Gasteiger partial charge in [-0.25, -0.2) is 13.1 Å². The first kappa shape index (κ1) is 26.4. The monoisotopic (exact) mass is 547 g/mol. The molecule has 2 atom stereocenters. The standard InChI is InChI=1S/C29H29N3O6S/c1-17-9-13-24(36-3)21(15-17)29(16-22(29)19-12-14-26(37-4)31-27(19)38-5)28(33)32-39(34,35)25-8-6-7-23-20(25)11-10-18(2)30-23/h6-15,22H,16H2,1-5H3,(H,32,33)/t22-,29-/m0/s1. The molecule has 0 saturated heterocycles. The van der Waals surface area contributed by atoms with Crippen LogP contribution in [-0.4, -0.2) is 45.6 Å². The highest BCUT2D eigenvalue weighted by Crippen LogP contribution is 2.64. The average molecular weight is 548 g/mol. The molecule has 1 fully saturated rings. The van der Waals surface area contributed by atoms with Crippen LogP contribution in [0.15, 0.2) is 65.6 Å². The van der Waals surface area contributed by atoms with E-state index in [4.69, 9.17) is 14.2 Å². The van der Waals surface area contributed by atoms with Crippen molar-refractivity contribution >= 4 is 26.8 Å². The number of aromatic nitrogens is 2. The Kier molecular flexibility index (Phi) is 6.67. The highest BCUT2D eigenvalue weighted by molar-refractivity contribution is 7.90. The number of rotatable bonds is 8. The molecule has 2 heterocycles.